The Balaban J connectivity index is -0.000000896. The Labute approximate surface area is 481 Å². The van der Waals surface area contributed by atoms with Gasteiger partial charge in [0.1, 0.15) is 0 Å². The number of anilines is 2. The summed E-state index contributed by atoms with van der Waals surface area (Å²) in [4.78, 5) is 16.6. The third kappa shape index (κ3) is 34.2. The third-order valence-corrected chi connectivity index (χ3v) is 8.22. The van der Waals surface area contributed by atoms with Gasteiger partial charge < -0.3 is 46.1 Å². The number of guanidine groups is 4. The van der Waals surface area contributed by atoms with Crippen LogP contribution in [0.4, 0.5) is 22.7 Å². The molecule has 6 rings (SSSR count). The van der Waals surface area contributed by atoms with Crippen LogP contribution in [0, 0.1) is 10.8 Å². The molecule has 0 radical (unpaired) electrons. The first-order chi connectivity index (χ1) is 30.4. The predicted octanol–water partition coefficient (Wildman–Crippen LogP) is 9.07. The van der Waals surface area contributed by atoms with Gasteiger partial charge in [0.15, 0.2) is 17.2 Å². The molecule has 2 heterocycles. The second-order valence-corrected chi connectivity index (χ2v) is 20.6. The maximum atomic E-state index is 8.67. The molecule has 0 amide bonds. The van der Waals surface area contributed by atoms with Gasteiger partial charge in [-0.1, -0.05) is 212 Å². The summed E-state index contributed by atoms with van der Waals surface area (Å²) < 4.78 is -3.00. The Hall–Kier alpha value is -0.892. The number of hydrogen-bond donors (Lipinski definition) is 4. The van der Waals surface area contributed by atoms with Gasteiger partial charge in [0.25, 0.3) is 0 Å². The van der Waals surface area contributed by atoms with Gasteiger partial charge in [-0.3, -0.25) is 20.6 Å². The van der Waals surface area contributed by atoms with Crippen molar-refractivity contribution in [3.8, 4) is 0 Å². The molecule has 376 valence electrons. The van der Waals surface area contributed by atoms with Crippen molar-refractivity contribution >= 4 is 186 Å². The monoisotopic (exact) mass is 1380 g/mol. The molecule has 2 fully saturated rings. The number of nitrogens with zero attached hydrogens (tertiary/aromatic N) is 6. The van der Waals surface area contributed by atoms with Crippen LogP contribution in [0.3, 0.4) is 0 Å². The molecule has 2 aliphatic heterocycles. The van der Waals surface area contributed by atoms with Crippen molar-refractivity contribution in [3.05, 3.63) is 121 Å². The summed E-state index contributed by atoms with van der Waals surface area (Å²) >= 11 is 57.7. The standard InChI is InChI=1S/2C19H23N5.4CHCl3.2ClH.Pt/c2*20-18(22-16-10-4-1-5-11-16)24(17-12-6-2-7-13-17)19(21)23-14-8-3-9-15-23;4*2-1(3)4;;;/h2*1-2,4-7,10-13,21H,3,8-9,14-15H2,(H2,20,22);4*1H;2*1H;/q;;;;;;;;+2/p-2. The summed E-state index contributed by atoms with van der Waals surface area (Å²) in [6, 6.07) is 38.7. The van der Waals surface area contributed by atoms with Gasteiger partial charge in [0, 0.05) is 26.2 Å². The number of aliphatic imine (C=N–C) groups is 2. The van der Waals surface area contributed by atoms with E-state index in [1.165, 1.54) is 12.8 Å². The maximum Gasteiger partial charge on any atom is 2.00 e. The van der Waals surface area contributed by atoms with E-state index in [2.05, 4.69) is 19.8 Å². The number of nitrogens with one attached hydrogen (secondary N) is 2. The molecule has 2 aliphatic rings. The number of rotatable bonds is 4. The van der Waals surface area contributed by atoms with Crippen molar-refractivity contribution in [3.63, 3.8) is 0 Å². The van der Waals surface area contributed by atoms with Crippen LogP contribution in [0.1, 0.15) is 38.5 Å². The van der Waals surface area contributed by atoms with Gasteiger partial charge in [0.05, 0.1) is 22.7 Å². The molecule has 25 heteroatoms. The smallest absolute Gasteiger partial charge is 1.00 e. The molecule has 0 atom stereocenters. The third-order valence-electron chi connectivity index (χ3n) is 8.22. The molecule has 4 aromatic rings. The van der Waals surface area contributed by atoms with Crippen molar-refractivity contribution in [2.24, 2.45) is 21.5 Å². The molecular formula is C42H50Cl14N10Pt. The first kappa shape index (κ1) is 70.4. The minimum absolute atomic E-state index is 0. The first-order valence-corrected chi connectivity index (χ1v) is 24.5. The molecule has 0 saturated carbocycles. The largest absolute Gasteiger partial charge is 2.00 e. The van der Waals surface area contributed by atoms with E-state index in [0.717, 1.165) is 74.6 Å². The summed E-state index contributed by atoms with van der Waals surface area (Å²) in [6.45, 7) is 3.56. The fourth-order valence-corrected chi connectivity index (χ4v) is 5.74. The summed E-state index contributed by atoms with van der Waals surface area (Å²) in [7, 11) is 0. The zero-order valence-electron chi connectivity index (χ0n) is 35.4. The van der Waals surface area contributed by atoms with E-state index in [9.17, 15) is 0 Å². The van der Waals surface area contributed by atoms with Crippen LogP contribution in [0.25, 0.3) is 0 Å². The zero-order chi connectivity index (χ0) is 47.9. The quantitative estimate of drug-likeness (QED) is 0.0915. The minimum Gasteiger partial charge on any atom is -1.00 e. The van der Waals surface area contributed by atoms with Gasteiger partial charge in [-0.15, -0.1) is 0 Å². The van der Waals surface area contributed by atoms with Crippen LogP contribution in [0.2, 0.25) is 0 Å². The number of hydrogen-bond acceptors (Lipinski definition) is 4. The van der Waals surface area contributed by atoms with Crippen LogP contribution in [-0.2, 0) is 21.1 Å². The molecule has 4 aromatic carbocycles. The molecule has 0 bridgehead atoms. The average molecular weight is 1390 g/mol. The average Bonchev–Trinajstić information content (AvgIpc) is 3.25. The Kier molecular flexibility index (Phi) is 44.9. The van der Waals surface area contributed by atoms with E-state index in [0.29, 0.717) is 23.8 Å². The zero-order valence-corrected chi connectivity index (χ0v) is 48.2. The molecule has 2 saturated heterocycles. The molecule has 0 aromatic heterocycles. The Morgan fingerprint density at radius 3 is 0.851 bits per heavy atom. The summed E-state index contributed by atoms with van der Waals surface area (Å²) in [6.07, 6.45) is 6.90. The minimum atomic E-state index is -0.750. The van der Waals surface area contributed by atoms with Gasteiger partial charge in [0.2, 0.25) is 23.8 Å². The molecular weight excluding hydrogens is 1340 g/mol. The number of piperidine rings is 2. The molecule has 0 spiro atoms. The first-order valence-electron chi connectivity index (χ1n) is 19.3. The van der Waals surface area contributed by atoms with Crippen LogP contribution in [0.5, 0.6) is 0 Å². The number of alkyl halides is 12. The SMILES string of the molecule is ClC(Cl)Cl.ClC(Cl)Cl.ClC(Cl)Cl.ClC(Cl)Cl.N=C(N1CCCCC1)N(C(N)=Nc1ccccc1)c1ccccc1.N=C(N1CCCCC1)N(C(N)=Nc1ccccc1)c1ccccc1.[Cl-].[Cl-].[Pt+2]. The van der Waals surface area contributed by atoms with Crippen LogP contribution in [0.15, 0.2) is 131 Å². The Morgan fingerprint density at radius 2 is 0.627 bits per heavy atom. The van der Waals surface area contributed by atoms with Gasteiger partial charge in [-0.25, -0.2) is 9.98 Å². The fraction of sp³-hybridized carbons (Fsp3) is 0.333. The molecule has 67 heavy (non-hydrogen) atoms. The topological polar surface area (TPSA) is 137 Å². The summed E-state index contributed by atoms with van der Waals surface area (Å²) in [5.41, 5.74) is 15.9. The maximum absolute atomic E-state index is 8.67. The van der Waals surface area contributed by atoms with Crippen LogP contribution >= 0.6 is 139 Å². The van der Waals surface area contributed by atoms with Crippen LogP contribution in [-0.4, -0.2) is 77.0 Å². The van der Waals surface area contributed by atoms with Gasteiger partial charge in [-0.2, -0.15) is 0 Å². The predicted molar refractivity (Wildman–Crippen MR) is 285 cm³/mol. The number of para-hydroxylation sites is 4. The Bertz CT molecular complexity index is 1720. The normalized spacial score (nSPS) is 13.0. The molecule has 0 unspecified atom stereocenters. The van der Waals surface area contributed by atoms with Gasteiger partial charge >= 0.3 is 21.1 Å². The van der Waals surface area contributed by atoms with E-state index >= 15 is 0 Å². The second kappa shape index (κ2) is 42.8. The van der Waals surface area contributed by atoms with E-state index in [1.54, 1.807) is 9.80 Å². The van der Waals surface area contributed by atoms with Crippen LogP contribution < -0.4 is 46.1 Å². The van der Waals surface area contributed by atoms with E-state index in [-0.39, 0.29) is 45.9 Å². The second-order valence-electron chi connectivity index (χ2n) is 12.7. The number of halogens is 14. The van der Waals surface area contributed by atoms with Crippen molar-refractivity contribution in [1.29, 1.82) is 10.8 Å². The number of nitrogens with two attached hydrogens (primary N) is 2. The molecule has 6 N–H and O–H groups in total. The summed E-state index contributed by atoms with van der Waals surface area (Å²) in [5, 5.41) is 17.3. The summed E-state index contributed by atoms with van der Waals surface area (Å²) in [5.74, 6) is 1.39. The fourth-order valence-electron chi connectivity index (χ4n) is 5.74. The number of likely N-dealkylation sites (tertiary alicyclic amines) is 2. The molecule has 10 nitrogen and oxygen atoms in total. The molecule has 0 aliphatic carbocycles. The van der Waals surface area contributed by atoms with E-state index < -0.39 is 17.2 Å². The van der Waals surface area contributed by atoms with Gasteiger partial charge in [-0.05, 0) is 87.1 Å². The van der Waals surface area contributed by atoms with E-state index in [1.807, 2.05) is 121 Å². The van der Waals surface area contributed by atoms with Crippen molar-refractivity contribution < 1.29 is 45.9 Å². The number of benzene rings is 4. The van der Waals surface area contributed by atoms with Crippen molar-refractivity contribution in [2.75, 3.05) is 36.0 Å². The Morgan fingerprint density at radius 1 is 0.418 bits per heavy atom. The van der Waals surface area contributed by atoms with Crippen molar-refractivity contribution in [1.82, 2.24) is 9.80 Å². The van der Waals surface area contributed by atoms with E-state index in [4.69, 9.17) is 161 Å². The van der Waals surface area contributed by atoms with Crippen molar-refractivity contribution in [2.45, 2.75) is 55.7 Å².